The van der Waals surface area contributed by atoms with Crippen molar-refractivity contribution in [3.63, 3.8) is 0 Å². The molecule has 0 aliphatic carbocycles. The number of likely N-dealkylation sites (tertiary alicyclic amines) is 1. The first-order valence-corrected chi connectivity index (χ1v) is 8.04. The van der Waals surface area contributed by atoms with Crippen LogP contribution in [0.25, 0.3) is 0 Å². The molecule has 2 aliphatic heterocycles. The lowest BCUT2D eigenvalue weighted by molar-refractivity contribution is 0.0115. The van der Waals surface area contributed by atoms with Crippen molar-refractivity contribution in [1.82, 2.24) is 10.2 Å². The van der Waals surface area contributed by atoms with E-state index in [1.165, 1.54) is 25.7 Å². The predicted molar refractivity (Wildman–Crippen MR) is 77.4 cm³/mol. The highest BCUT2D eigenvalue weighted by atomic mass is 16.5. The van der Waals surface area contributed by atoms with Crippen molar-refractivity contribution in [3.05, 3.63) is 0 Å². The zero-order chi connectivity index (χ0) is 13.5. The van der Waals surface area contributed by atoms with Gasteiger partial charge in [-0.15, -0.1) is 0 Å². The summed E-state index contributed by atoms with van der Waals surface area (Å²) in [6.45, 7) is 6.49. The van der Waals surface area contributed by atoms with Crippen molar-refractivity contribution < 1.29 is 9.84 Å². The third-order valence-corrected chi connectivity index (χ3v) is 4.37. The molecule has 0 aromatic heterocycles. The number of aliphatic hydroxyl groups excluding tert-OH is 1. The van der Waals surface area contributed by atoms with Gasteiger partial charge in [0.05, 0.1) is 12.7 Å². The Morgan fingerprint density at radius 2 is 2.26 bits per heavy atom. The Balaban J connectivity index is 1.68. The number of aliphatic hydroxyl groups is 1. The summed E-state index contributed by atoms with van der Waals surface area (Å²) in [6.07, 6.45) is 7.05. The first-order valence-electron chi connectivity index (χ1n) is 8.04. The number of unbranched alkanes of at least 4 members (excludes halogenated alkanes) is 1. The maximum atomic E-state index is 10.1. The van der Waals surface area contributed by atoms with Gasteiger partial charge in [0.25, 0.3) is 0 Å². The minimum Gasteiger partial charge on any atom is -0.389 e. The van der Waals surface area contributed by atoms with Crippen molar-refractivity contribution in [2.24, 2.45) is 0 Å². The molecule has 2 N–H and O–H groups in total. The quantitative estimate of drug-likeness (QED) is 0.654. The van der Waals surface area contributed by atoms with E-state index in [1.807, 2.05) is 0 Å². The Morgan fingerprint density at radius 1 is 1.37 bits per heavy atom. The summed E-state index contributed by atoms with van der Waals surface area (Å²) >= 11 is 0. The highest BCUT2D eigenvalue weighted by Crippen LogP contribution is 2.24. The van der Waals surface area contributed by atoms with Crippen LogP contribution in [-0.2, 0) is 4.74 Å². The topological polar surface area (TPSA) is 44.7 Å². The zero-order valence-corrected chi connectivity index (χ0v) is 12.3. The lowest BCUT2D eigenvalue weighted by Gasteiger charge is -2.31. The summed E-state index contributed by atoms with van der Waals surface area (Å²) in [5.74, 6) is 0. The molecule has 0 amide bonds. The van der Waals surface area contributed by atoms with Crippen LogP contribution in [-0.4, -0.2) is 61.0 Å². The lowest BCUT2D eigenvalue weighted by atomic mass is 10.0. The minimum absolute atomic E-state index is 0.334. The van der Waals surface area contributed by atoms with Gasteiger partial charge in [0.1, 0.15) is 0 Å². The summed E-state index contributed by atoms with van der Waals surface area (Å²) in [6, 6.07) is 1.28. The van der Waals surface area contributed by atoms with E-state index < -0.39 is 0 Å². The van der Waals surface area contributed by atoms with Gasteiger partial charge in [0, 0.05) is 25.2 Å². The van der Waals surface area contributed by atoms with Crippen molar-refractivity contribution in [2.75, 3.05) is 32.8 Å². The standard InChI is InChI=1S/C15H30N2O2/c1-2-3-10-19-12-13(18)11-17-9-5-7-15(17)14-6-4-8-16-14/h13-16,18H,2-12H2,1H3. The molecule has 2 heterocycles. The second-order valence-electron chi connectivity index (χ2n) is 5.99. The Labute approximate surface area is 117 Å². The third kappa shape index (κ3) is 4.71. The SMILES string of the molecule is CCCCOCC(O)CN1CCCC1C1CCCN1. The number of β-amino-alcohol motifs (C(OH)–C–C–N with tert-alkyl or cyclic N) is 1. The van der Waals surface area contributed by atoms with Crippen LogP contribution in [0.1, 0.15) is 45.4 Å². The molecule has 0 spiro atoms. The average molecular weight is 270 g/mol. The first kappa shape index (κ1) is 15.2. The van der Waals surface area contributed by atoms with Gasteiger partial charge in [-0.25, -0.2) is 0 Å². The van der Waals surface area contributed by atoms with E-state index in [2.05, 4.69) is 17.1 Å². The van der Waals surface area contributed by atoms with Crippen LogP contribution in [0.2, 0.25) is 0 Å². The van der Waals surface area contributed by atoms with E-state index in [1.54, 1.807) is 0 Å². The molecule has 4 heteroatoms. The molecule has 2 saturated heterocycles. The Bertz CT molecular complexity index is 244. The smallest absolute Gasteiger partial charge is 0.0900 e. The molecule has 0 aromatic carbocycles. The number of hydrogen-bond acceptors (Lipinski definition) is 4. The Morgan fingerprint density at radius 3 is 3.00 bits per heavy atom. The third-order valence-electron chi connectivity index (χ3n) is 4.37. The molecule has 4 nitrogen and oxygen atoms in total. The highest BCUT2D eigenvalue weighted by Gasteiger charge is 2.33. The summed E-state index contributed by atoms with van der Waals surface area (Å²) in [7, 11) is 0. The highest BCUT2D eigenvalue weighted by molar-refractivity contribution is 4.92. The average Bonchev–Trinajstić information content (AvgIpc) is 3.04. The molecule has 112 valence electrons. The van der Waals surface area contributed by atoms with E-state index in [9.17, 15) is 5.11 Å². The van der Waals surface area contributed by atoms with Crippen LogP contribution < -0.4 is 5.32 Å². The molecule has 3 unspecified atom stereocenters. The van der Waals surface area contributed by atoms with Crippen LogP contribution in [0, 0.1) is 0 Å². The van der Waals surface area contributed by atoms with Crippen molar-refractivity contribution in [1.29, 1.82) is 0 Å². The van der Waals surface area contributed by atoms with Gasteiger partial charge in [-0.05, 0) is 45.2 Å². The summed E-state index contributed by atoms with van der Waals surface area (Å²) in [4.78, 5) is 2.47. The number of nitrogens with one attached hydrogen (secondary N) is 1. The van der Waals surface area contributed by atoms with Crippen molar-refractivity contribution in [2.45, 2.75) is 63.6 Å². The summed E-state index contributed by atoms with van der Waals surface area (Å²) in [5, 5.41) is 13.7. The molecule has 0 saturated carbocycles. The van der Waals surface area contributed by atoms with Crippen LogP contribution in [0.3, 0.4) is 0 Å². The monoisotopic (exact) mass is 270 g/mol. The van der Waals surface area contributed by atoms with Crippen LogP contribution >= 0.6 is 0 Å². The van der Waals surface area contributed by atoms with Crippen LogP contribution in [0.4, 0.5) is 0 Å². The fourth-order valence-corrected chi connectivity index (χ4v) is 3.36. The predicted octanol–water partition coefficient (Wildman–Crippen LogP) is 1.38. The molecule has 3 atom stereocenters. The fourth-order valence-electron chi connectivity index (χ4n) is 3.36. The number of hydrogen-bond donors (Lipinski definition) is 2. The molecule has 2 aliphatic rings. The van der Waals surface area contributed by atoms with E-state index in [4.69, 9.17) is 4.74 Å². The molecule has 0 radical (unpaired) electrons. The van der Waals surface area contributed by atoms with Gasteiger partial charge in [-0.1, -0.05) is 13.3 Å². The zero-order valence-electron chi connectivity index (χ0n) is 12.3. The second-order valence-corrected chi connectivity index (χ2v) is 5.99. The van der Waals surface area contributed by atoms with Gasteiger partial charge in [-0.2, -0.15) is 0 Å². The summed E-state index contributed by atoms with van der Waals surface area (Å²) < 4.78 is 5.51. The van der Waals surface area contributed by atoms with Crippen LogP contribution in [0.5, 0.6) is 0 Å². The van der Waals surface area contributed by atoms with Gasteiger partial charge >= 0.3 is 0 Å². The Hall–Kier alpha value is -0.160. The molecule has 2 rings (SSSR count). The van der Waals surface area contributed by atoms with Crippen molar-refractivity contribution in [3.8, 4) is 0 Å². The molecule has 2 fully saturated rings. The first-order chi connectivity index (χ1) is 9.31. The number of rotatable bonds is 8. The maximum Gasteiger partial charge on any atom is 0.0900 e. The number of nitrogens with zero attached hydrogens (tertiary/aromatic N) is 1. The maximum absolute atomic E-state index is 10.1. The van der Waals surface area contributed by atoms with Gasteiger partial charge in [0.15, 0.2) is 0 Å². The largest absolute Gasteiger partial charge is 0.389 e. The Kier molecular flexibility index (Phi) is 6.57. The summed E-state index contributed by atoms with van der Waals surface area (Å²) in [5.41, 5.74) is 0. The molecule has 0 bridgehead atoms. The van der Waals surface area contributed by atoms with Crippen LogP contribution in [0.15, 0.2) is 0 Å². The molecule has 0 aromatic rings. The minimum atomic E-state index is -0.334. The van der Waals surface area contributed by atoms with Crippen molar-refractivity contribution >= 4 is 0 Å². The molecular formula is C15H30N2O2. The van der Waals surface area contributed by atoms with E-state index in [-0.39, 0.29) is 6.10 Å². The van der Waals surface area contributed by atoms with E-state index in [0.717, 1.165) is 39.1 Å². The van der Waals surface area contributed by atoms with Gasteiger partial charge in [-0.3, -0.25) is 4.90 Å². The second kappa shape index (κ2) is 8.20. The van der Waals surface area contributed by atoms with Gasteiger partial charge in [0.2, 0.25) is 0 Å². The lowest BCUT2D eigenvalue weighted by Crippen LogP contribution is -2.47. The van der Waals surface area contributed by atoms with E-state index in [0.29, 0.717) is 18.7 Å². The number of ether oxygens (including phenoxy) is 1. The fraction of sp³-hybridized carbons (Fsp3) is 1.00. The van der Waals surface area contributed by atoms with Gasteiger partial charge < -0.3 is 15.2 Å². The molecule has 19 heavy (non-hydrogen) atoms. The van der Waals surface area contributed by atoms with E-state index >= 15 is 0 Å². The normalized spacial score (nSPS) is 30.0. The molecular weight excluding hydrogens is 240 g/mol.